The van der Waals surface area contributed by atoms with Crippen molar-refractivity contribution >= 4 is 30.6 Å². The van der Waals surface area contributed by atoms with Gasteiger partial charge in [0.1, 0.15) is 10.5 Å². The Morgan fingerprint density at radius 2 is 1.78 bits per heavy atom. The van der Waals surface area contributed by atoms with Crippen LogP contribution < -0.4 is 5.32 Å². The summed E-state index contributed by atoms with van der Waals surface area (Å²) < 4.78 is 23.2. The van der Waals surface area contributed by atoms with E-state index in [2.05, 4.69) is 5.32 Å². The SMILES string of the molecule is CC(C)OP(=O)(OC(C)C)/C(Cl)=C\Nc1ccccc1[N+](=O)[O-]. The van der Waals surface area contributed by atoms with Gasteiger partial charge in [-0.25, -0.2) is 0 Å². The molecule has 0 radical (unpaired) electrons. The molecule has 0 aliphatic rings. The normalized spacial score (nSPS) is 12.7. The standard InChI is InChI=1S/C14H20ClN2O5P/c1-10(2)21-23(20,22-11(3)4)14(15)9-16-12-7-5-6-8-13(12)17(18)19/h5-11,16H,1-4H3/b14-9-. The molecule has 0 saturated carbocycles. The quantitative estimate of drug-likeness (QED) is 0.393. The van der Waals surface area contributed by atoms with Crippen LogP contribution in [0, 0.1) is 10.1 Å². The van der Waals surface area contributed by atoms with E-state index in [-0.39, 0.29) is 28.4 Å². The fourth-order valence-electron chi connectivity index (χ4n) is 1.65. The second kappa shape index (κ2) is 8.45. The molecule has 23 heavy (non-hydrogen) atoms. The number of benzene rings is 1. The van der Waals surface area contributed by atoms with E-state index in [1.54, 1.807) is 39.8 Å². The summed E-state index contributed by atoms with van der Waals surface area (Å²) in [6, 6.07) is 6.03. The second-order valence-electron chi connectivity index (χ2n) is 5.19. The minimum absolute atomic E-state index is 0.127. The van der Waals surface area contributed by atoms with Crippen LogP contribution in [0.2, 0.25) is 0 Å². The van der Waals surface area contributed by atoms with Crippen LogP contribution in [-0.2, 0) is 13.6 Å². The van der Waals surface area contributed by atoms with Crippen molar-refractivity contribution in [3.63, 3.8) is 0 Å². The lowest BCUT2D eigenvalue weighted by Crippen LogP contribution is -2.08. The molecule has 0 unspecified atom stereocenters. The first-order valence-corrected chi connectivity index (χ1v) is 8.91. The minimum atomic E-state index is -3.70. The van der Waals surface area contributed by atoms with Gasteiger partial charge in [-0.05, 0) is 33.8 Å². The van der Waals surface area contributed by atoms with Crippen LogP contribution in [0.25, 0.3) is 0 Å². The third-order valence-corrected chi connectivity index (χ3v) is 5.19. The van der Waals surface area contributed by atoms with E-state index >= 15 is 0 Å². The number of nitro groups is 1. The Morgan fingerprint density at radius 1 is 1.26 bits per heavy atom. The summed E-state index contributed by atoms with van der Waals surface area (Å²) in [4.78, 5) is 10.4. The average molecular weight is 363 g/mol. The lowest BCUT2D eigenvalue weighted by molar-refractivity contribution is -0.383. The van der Waals surface area contributed by atoms with E-state index in [1.165, 1.54) is 18.3 Å². The Labute approximate surface area is 140 Å². The smallest absolute Gasteiger partial charge is 0.354 e. The predicted octanol–water partition coefficient (Wildman–Crippen LogP) is 5.09. The molecule has 0 aliphatic carbocycles. The van der Waals surface area contributed by atoms with Crippen molar-refractivity contribution in [2.75, 3.05) is 5.32 Å². The van der Waals surface area contributed by atoms with Gasteiger partial charge < -0.3 is 14.4 Å². The maximum Gasteiger partial charge on any atom is 0.374 e. The first-order chi connectivity index (χ1) is 10.7. The molecule has 7 nitrogen and oxygen atoms in total. The van der Waals surface area contributed by atoms with E-state index in [1.807, 2.05) is 0 Å². The summed E-state index contributed by atoms with van der Waals surface area (Å²) in [6.45, 7) is 6.82. The summed E-state index contributed by atoms with van der Waals surface area (Å²) in [7, 11) is -3.70. The van der Waals surface area contributed by atoms with Crippen LogP contribution in [0.4, 0.5) is 11.4 Å². The Bertz CT molecular complexity index is 619. The van der Waals surface area contributed by atoms with Gasteiger partial charge in [-0.15, -0.1) is 0 Å². The molecule has 0 aromatic heterocycles. The Hall–Kier alpha value is -1.40. The molecular weight excluding hydrogens is 343 g/mol. The van der Waals surface area contributed by atoms with Gasteiger partial charge in [0.2, 0.25) is 0 Å². The molecule has 0 heterocycles. The van der Waals surface area contributed by atoms with Gasteiger partial charge >= 0.3 is 7.60 Å². The van der Waals surface area contributed by atoms with Gasteiger partial charge in [0, 0.05) is 12.3 Å². The predicted molar refractivity (Wildman–Crippen MR) is 90.7 cm³/mol. The van der Waals surface area contributed by atoms with Crippen molar-refractivity contribution in [2.24, 2.45) is 0 Å². The third kappa shape index (κ3) is 5.95. The molecule has 0 saturated heterocycles. The van der Waals surface area contributed by atoms with Gasteiger partial charge in [0.05, 0.1) is 17.1 Å². The van der Waals surface area contributed by atoms with Crippen molar-refractivity contribution in [2.45, 2.75) is 39.9 Å². The zero-order valence-corrected chi connectivity index (χ0v) is 15.0. The van der Waals surface area contributed by atoms with Crippen LogP contribution in [0.5, 0.6) is 0 Å². The zero-order valence-electron chi connectivity index (χ0n) is 13.4. The molecule has 0 spiro atoms. The highest BCUT2D eigenvalue weighted by Gasteiger charge is 2.32. The number of nitrogens with one attached hydrogen (secondary N) is 1. The molecule has 0 aliphatic heterocycles. The summed E-state index contributed by atoms with van der Waals surface area (Å²) in [6.07, 6.45) is 0.454. The van der Waals surface area contributed by atoms with E-state index in [0.29, 0.717) is 0 Å². The highest BCUT2D eigenvalue weighted by molar-refractivity contribution is 7.61. The highest BCUT2D eigenvalue weighted by Crippen LogP contribution is 2.59. The van der Waals surface area contributed by atoms with Gasteiger partial charge in [0.25, 0.3) is 5.69 Å². The number of nitrogens with zero attached hydrogens (tertiary/aromatic N) is 1. The van der Waals surface area contributed by atoms with E-state index in [9.17, 15) is 14.7 Å². The number of anilines is 1. The summed E-state index contributed by atoms with van der Waals surface area (Å²) in [5, 5.41) is 13.6. The number of nitro benzene ring substituents is 1. The molecule has 1 N–H and O–H groups in total. The number of para-hydroxylation sites is 2. The maximum atomic E-state index is 12.8. The van der Waals surface area contributed by atoms with Crippen molar-refractivity contribution in [1.29, 1.82) is 0 Å². The van der Waals surface area contributed by atoms with Crippen molar-refractivity contribution < 1.29 is 18.5 Å². The van der Waals surface area contributed by atoms with E-state index in [0.717, 1.165) is 0 Å². The topological polar surface area (TPSA) is 90.7 Å². The lowest BCUT2D eigenvalue weighted by atomic mass is 10.3. The summed E-state index contributed by atoms with van der Waals surface area (Å²) in [5.41, 5.74) is 0.0916. The van der Waals surface area contributed by atoms with Crippen LogP contribution in [-0.4, -0.2) is 17.1 Å². The molecule has 0 atom stereocenters. The van der Waals surface area contributed by atoms with Crippen LogP contribution in [0.3, 0.4) is 0 Å². The van der Waals surface area contributed by atoms with Crippen molar-refractivity contribution in [1.82, 2.24) is 0 Å². The van der Waals surface area contributed by atoms with Crippen molar-refractivity contribution in [3.05, 3.63) is 45.4 Å². The number of hydrogen-bond acceptors (Lipinski definition) is 6. The first-order valence-electron chi connectivity index (χ1n) is 6.98. The van der Waals surface area contributed by atoms with Gasteiger partial charge in [-0.3, -0.25) is 14.7 Å². The molecule has 128 valence electrons. The monoisotopic (exact) mass is 362 g/mol. The molecule has 1 rings (SSSR count). The number of rotatable bonds is 8. The Balaban J connectivity index is 3.05. The fraction of sp³-hybridized carbons (Fsp3) is 0.429. The molecule has 9 heteroatoms. The molecule has 0 amide bonds. The summed E-state index contributed by atoms with van der Waals surface area (Å²) >= 11 is 6.07. The third-order valence-electron chi connectivity index (χ3n) is 2.41. The molecular formula is C14H20ClN2O5P. The number of hydrogen-bond donors (Lipinski definition) is 1. The van der Waals surface area contributed by atoms with Crippen molar-refractivity contribution in [3.8, 4) is 0 Å². The Kier molecular flexibility index (Phi) is 7.22. The molecule has 0 fully saturated rings. The molecule has 0 bridgehead atoms. The lowest BCUT2D eigenvalue weighted by Gasteiger charge is -2.22. The van der Waals surface area contributed by atoms with E-state index in [4.69, 9.17) is 20.6 Å². The van der Waals surface area contributed by atoms with E-state index < -0.39 is 12.5 Å². The molecule has 1 aromatic rings. The fourth-order valence-corrected chi connectivity index (χ4v) is 3.53. The second-order valence-corrected chi connectivity index (χ2v) is 7.76. The average Bonchev–Trinajstić information content (AvgIpc) is 2.43. The van der Waals surface area contributed by atoms with Crippen LogP contribution in [0.15, 0.2) is 35.2 Å². The largest absolute Gasteiger partial charge is 0.374 e. The van der Waals surface area contributed by atoms with Crippen LogP contribution in [0.1, 0.15) is 27.7 Å². The van der Waals surface area contributed by atoms with Gasteiger partial charge in [-0.1, -0.05) is 23.7 Å². The van der Waals surface area contributed by atoms with Gasteiger partial charge in [0.15, 0.2) is 0 Å². The Morgan fingerprint density at radius 3 is 2.26 bits per heavy atom. The number of halogens is 1. The molecule has 1 aromatic carbocycles. The highest BCUT2D eigenvalue weighted by atomic mass is 35.5. The van der Waals surface area contributed by atoms with Gasteiger partial charge in [-0.2, -0.15) is 0 Å². The first kappa shape index (κ1) is 19.6. The minimum Gasteiger partial charge on any atom is -0.354 e. The zero-order chi connectivity index (χ0) is 17.6. The van der Waals surface area contributed by atoms with Crippen LogP contribution >= 0.6 is 19.2 Å². The maximum absolute atomic E-state index is 12.8. The summed E-state index contributed by atoms with van der Waals surface area (Å²) in [5.74, 6) is 0.